The van der Waals surface area contributed by atoms with Gasteiger partial charge in [0.15, 0.2) is 5.69 Å². The Balaban J connectivity index is 1.90. The summed E-state index contributed by atoms with van der Waals surface area (Å²) >= 11 is 13.6. The normalized spacial score (nSPS) is 11.2. The van der Waals surface area contributed by atoms with Crippen LogP contribution in [0.15, 0.2) is 52.4 Å². The highest BCUT2D eigenvalue weighted by Crippen LogP contribution is 2.35. The molecule has 1 heterocycles. The number of nitrogens with one attached hydrogen (secondary N) is 1. The van der Waals surface area contributed by atoms with Crippen LogP contribution in [0.4, 0.5) is 0 Å². The summed E-state index contributed by atoms with van der Waals surface area (Å²) in [7, 11) is 4.00. The molecule has 3 rings (SSSR count). The summed E-state index contributed by atoms with van der Waals surface area (Å²) < 4.78 is 0. The number of aromatic nitrogens is 2. The summed E-state index contributed by atoms with van der Waals surface area (Å²) in [5, 5.41) is 4.50. The molecule has 0 aliphatic rings. The second kappa shape index (κ2) is 9.56. The van der Waals surface area contributed by atoms with Crippen LogP contribution >= 0.6 is 35.0 Å². The van der Waals surface area contributed by atoms with E-state index < -0.39 is 0 Å². The number of carbonyl (C=O) groups excluding carboxylic acids is 1. The van der Waals surface area contributed by atoms with Gasteiger partial charge in [-0.2, -0.15) is 0 Å². The van der Waals surface area contributed by atoms with Crippen LogP contribution in [-0.2, 0) is 0 Å². The molecule has 1 N–H and O–H groups in total. The van der Waals surface area contributed by atoms with Crippen molar-refractivity contribution < 1.29 is 4.79 Å². The number of fused-ring (bicyclic) bond motifs is 1. The van der Waals surface area contributed by atoms with Crippen molar-refractivity contribution >= 4 is 51.9 Å². The van der Waals surface area contributed by atoms with Crippen molar-refractivity contribution in [2.45, 2.75) is 16.3 Å². The number of hydrogen-bond donors (Lipinski definition) is 1. The molecule has 8 heteroatoms. The fourth-order valence-corrected chi connectivity index (χ4v) is 3.95. The summed E-state index contributed by atoms with van der Waals surface area (Å²) in [6.07, 6.45) is 0.852. The van der Waals surface area contributed by atoms with Gasteiger partial charge in [-0.3, -0.25) is 4.79 Å². The van der Waals surface area contributed by atoms with Gasteiger partial charge in [0.1, 0.15) is 5.03 Å². The standard InChI is InChI=1S/C20H20Cl2N4OS/c1-26(2)11-5-10-23-19(27)18-20(25-16-7-4-3-6-15(16)24-18)28-17-9-8-13(21)12-14(17)22/h3-4,6-9,12H,5,10-11H2,1-2H3,(H,23,27). The van der Waals surface area contributed by atoms with Gasteiger partial charge in [-0.15, -0.1) is 0 Å². The number of carbonyl (C=O) groups is 1. The molecule has 1 amide bonds. The molecule has 1 aromatic heterocycles. The van der Waals surface area contributed by atoms with E-state index in [0.29, 0.717) is 32.8 Å². The van der Waals surface area contributed by atoms with E-state index in [1.54, 1.807) is 12.1 Å². The van der Waals surface area contributed by atoms with E-state index in [9.17, 15) is 4.79 Å². The van der Waals surface area contributed by atoms with Crippen molar-refractivity contribution in [3.8, 4) is 0 Å². The summed E-state index contributed by atoms with van der Waals surface area (Å²) in [5.74, 6) is -0.246. The van der Waals surface area contributed by atoms with Crippen LogP contribution in [0, 0.1) is 0 Å². The second-order valence-corrected chi connectivity index (χ2v) is 8.33. The number of halogens is 2. The minimum Gasteiger partial charge on any atom is -0.351 e. The minimum absolute atomic E-state index is 0.246. The zero-order valence-corrected chi connectivity index (χ0v) is 17.9. The average Bonchev–Trinajstić information content (AvgIpc) is 2.66. The van der Waals surface area contributed by atoms with E-state index in [1.165, 1.54) is 11.8 Å². The Labute approximate surface area is 178 Å². The lowest BCUT2D eigenvalue weighted by molar-refractivity contribution is 0.0943. The lowest BCUT2D eigenvalue weighted by Crippen LogP contribution is -2.28. The average molecular weight is 435 g/mol. The molecule has 3 aromatic rings. The second-order valence-electron chi connectivity index (χ2n) is 6.46. The van der Waals surface area contributed by atoms with Gasteiger partial charge in [0.2, 0.25) is 0 Å². The number of para-hydroxylation sites is 2. The van der Waals surface area contributed by atoms with E-state index in [4.69, 9.17) is 23.2 Å². The topological polar surface area (TPSA) is 58.1 Å². The molecule has 0 saturated heterocycles. The summed E-state index contributed by atoms with van der Waals surface area (Å²) in [4.78, 5) is 24.8. The lowest BCUT2D eigenvalue weighted by atomic mass is 10.3. The van der Waals surface area contributed by atoms with Gasteiger partial charge in [0, 0.05) is 16.5 Å². The third-order valence-corrected chi connectivity index (χ3v) is 5.64. The lowest BCUT2D eigenvalue weighted by Gasteiger charge is -2.12. The molecule has 0 aliphatic carbocycles. The highest BCUT2D eigenvalue weighted by molar-refractivity contribution is 7.99. The fraction of sp³-hybridized carbons (Fsp3) is 0.250. The predicted molar refractivity (Wildman–Crippen MR) is 116 cm³/mol. The molecule has 2 aromatic carbocycles. The molecule has 146 valence electrons. The maximum absolute atomic E-state index is 12.8. The molecule has 5 nitrogen and oxygen atoms in total. The summed E-state index contributed by atoms with van der Waals surface area (Å²) in [6, 6.07) is 12.7. The third-order valence-electron chi connectivity index (χ3n) is 3.92. The van der Waals surface area contributed by atoms with Crippen LogP contribution in [0.2, 0.25) is 10.0 Å². The quantitative estimate of drug-likeness (QED) is 0.542. The smallest absolute Gasteiger partial charge is 0.272 e. The first kappa shape index (κ1) is 20.9. The SMILES string of the molecule is CN(C)CCCNC(=O)c1nc2ccccc2nc1Sc1ccc(Cl)cc1Cl. The van der Waals surface area contributed by atoms with Crippen LogP contribution in [-0.4, -0.2) is 48.0 Å². The zero-order chi connectivity index (χ0) is 20.1. The Hall–Kier alpha value is -1.86. The Morgan fingerprint density at radius 3 is 2.50 bits per heavy atom. The monoisotopic (exact) mass is 434 g/mol. The Morgan fingerprint density at radius 2 is 1.82 bits per heavy atom. The first-order valence-corrected chi connectivity index (χ1v) is 10.3. The Morgan fingerprint density at radius 1 is 1.11 bits per heavy atom. The van der Waals surface area contributed by atoms with Gasteiger partial charge in [-0.25, -0.2) is 9.97 Å². The van der Waals surface area contributed by atoms with E-state index in [0.717, 1.165) is 23.4 Å². The summed E-state index contributed by atoms with van der Waals surface area (Å²) in [6.45, 7) is 1.46. The van der Waals surface area contributed by atoms with Crippen molar-refractivity contribution in [1.29, 1.82) is 0 Å². The van der Waals surface area contributed by atoms with E-state index in [1.807, 2.05) is 44.4 Å². The van der Waals surface area contributed by atoms with Crippen LogP contribution in [0.1, 0.15) is 16.9 Å². The van der Waals surface area contributed by atoms with Crippen LogP contribution in [0.5, 0.6) is 0 Å². The first-order valence-electron chi connectivity index (χ1n) is 8.76. The minimum atomic E-state index is -0.246. The van der Waals surface area contributed by atoms with Gasteiger partial charge in [0.25, 0.3) is 5.91 Å². The molecule has 0 unspecified atom stereocenters. The number of nitrogens with zero attached hydrogens (tertiary/aromatic N) is 3. The predicted octanol–water partition coefficient (Wildman–Crippen LogP) is 4.77. The van der Waals surface area contributed by atoms with Gasteiger partial charge < -0.3 is 10.2 Å². The number of rotatable bonds is 7. The number of hydrogen-bond acceptors (Lipinski definition) is 5. The molecule has 0 saturated carbocycles. The maximum Gasteiger partial charge on any atom is 0.272 e. The Bertz CT molecular complexity index is 997. The first-order chi connectivity index (χ1) is 13.4. The van der Waals surface area contributed by atoms with E-state index in [2.05, 4.69) is 20.2 Å². The van der Waals surface area contributed by atoms with Crippen molar-refractivity contribution in [2.24, 2.45) is 0 Å². The Kier molecular flexibility index (Phi) is 7.13. The molecule has 0 atom stereocenters. The van der Waals surface area contributed by atoms with Gasteiger partial charge >= 0.3 is 0 Å². The van der Waals surface area contributed by atoms with Crippen LogP contribution in [0.3, 0.4) is 0 Å². The molecule has 0 bridgehead atoms. The van der Waals surface area contributed by atoms with Crippen LogP contribution < -0.4 is 5.32 Å². The third kappa shape index (κ3) is 5.35. The molecule has 0 radical (unpaired) electrons. The van der Waals surface area contributed by atoms with Crippen molar-refractivity contribution in [3.05, 3.63) is 58.2 Å². The van der Waals surface area contributed by atoms with Crippen molar-refractivity contribution in [1.82, 2.24) is 20.2 Å². The van der Waals surface area contributed by atoms with Crippen molar-refractivity contribution in [2.75, 3.05) is 27.2 Å². The molecule has 0 spiro atoms. The van der Waals surface area contributed by atoms with Gasteiger partial charge in [0.05, 0.1) is 16.1 Å². The van der Waals surface area contributed by atoms with E-state index in [-0.39, 0.29) is 5.91 Å². The van der Waals surface area contributed by atoms with Crippen LogP contribution in [0.25, 0.3) is 11.0 Å². The van der Waals surface area contributed by atoms with Crippen molar-refractivity contribution in [3.63, 3.8) is 0 Å². The molecular weight excluding hydrogens is 415 g/mol. The summed E-state index contributed by atoms with van der Waals surface area (Å²) in [5.41, 5.74) is 1.69. The van der Waals surface area contributed by atoms with Gasteiger partial charge in [-0.1, -0.05) is 47.1 Å². The molecule has 0 fully saturated rings. The molecule has 28 heavy (non-hydrogen) atoms. The van der Waals surface area contributed by atoms with Gasteiger partial charge in [-0.05, 0) is 57.4 Å². The maximum atomic E-state index is 12.8. The highest BCUT2D eigenvalue weighted by atomic mass is 35.5. The largest absolute Gasteiger partial charge is 0.351 e. The van der Waals surface area contributed by atoms with E-state index >= 15 is 0 Å². The molecular formula is C20H20Cl2N4OS. The highest BCUT2D eigenvalue weighted by Gasteiger charge is 2.18. The number of benzene rings is 2. The fourth-order valence-electron chi connectivity index (χ4n) is 2.55. The zero-order valence-electron chi connectivity index (χ0n) is 15.6. The number of amides is 1. The molecule has 0 aliphatic heterocycles.